The minimum atomic E-state index is -4.48. The SMILES string of the molecule is FC(F)(F)c1ccnc(NCCSCc2c(Cl)cccc2Cl)n1. The predicted octanol–water partition coefficient (Wildman–Crippen LogP) is 5.15. The molecule has 1 aromatic carbocycles. The second-order valence-corrected chi connectivity index (χ2v) is 6.36. The zero-order chi connectivity index (χ0) is 16.9. The maximum atomic E-state index is 12.5. The summed E-state index contributed by atoms with van der Waals surface area (Å²) in [7, 11) is 0. The van der Waals surface area contributed by atoms with E-state index in [9.17, 15) is 13.2 Å². The van der Waals surface area contributed by atoms with Crippen molar-refractivity contribution in [3.05, 3.63) is 51.8 Å². The molecule has 2 aromatic rings. The number of halogens is 5. The first-order valence-corrected chi connectivity index (χ1v) is 8.44. The summed E-state index contributed by atoms with van der Waals surface area (Å²) in [5, 5.41) is 3.96. The maximum Gasteiger partial charge on any atom is 0.433 e. The number of thioether (sulfide) groups is 1. The zero-order valence-electron chi connectivity index (χ0n) is 11.7. The van der Waals surface area contributed by atoms with Gasteiger partial charge in [0.05, 0.1) is 0 Å². The van der Waals surface area contributed by atoms with Crippen LogP contribution in [0.3, 0.4) is 0 Å². The first-order valence-electron chi connectivity index (χ1n) is 6.52. The molecule has 1 heterocycles. The quantitative estimate of drug-likeness (QED) is 0.702. The van der Waals surface area contributed by atoms with Gasteiger partial charge in [0, 0.05) is 34.3 Å². The van der Waals surface area contributed by atoms with Gasteiger partial charge in [0.25, 0.3) is 0 Å². The van der Waals surface area contributed by atoms with Crippen molar-refractivity contribution in [1.82, 2.24) is 9.97 Å². The maximum absolute atomic E-state index is 12.5. The number of nitrogens with one attached hydrogen (secondary N) is 1. The molecule has 0 saturated carbocycles. The van der Waals surface area contributed by atoms with Crippen molar-refractivity contribution < 1.29 is 13.2 Å². The van der Waals surface area contributed by atoms with Gasteiger partial charge in [-0.3, -0.25) is 0 Å². The van der Waals surface area contributed by atoms with E-state index in [1.807, 2.05) is 0 Å². The second kappa shape index (κ2) is 8.08. The summed E-state index contributed by atoms with van der Waals surface area (Å²) in [6, 6.07) is 6.13. The van der Waals surface area contributed by atoms with Crippen LogP contribution in [0.1, 0.15) is 11.3 Å². The Morgan fingerprint density at radius 3 is 2.48 bits per heavy atom. The Bertz CT molecular complexity index is 648. The van der Waals surface area contributed by atoms with E-state index in [-0.39, 0.29) is 5.95 Å². The highest BCUT2D eigenvalue weighted by Crippen LogP contribution is 2.29. The molecular formula is C14H12Cl2F3N3S. The fourth-order valence-electron chi connectivity index (χ4n) is 1.68. The monoisotopic (exact) mass is 381 g/mol. The lowest BCUT2D eigenvalue weighted by Gasteiger charge is -2.09. The van der Waals surface area contributed by atoms with Crippen LogP contribution in [0, 0.1) is 0 Å². The molecule has 0 aliphatic rings. The summed E-state index contributed by atoms with van der Waals surface area (Å²) in [5.41, 5.74) is -0.123. The van der Waals surface area contributed by atoms with Crippen molar-refractivity contribution >= 4 is 40.9 Å². The number of nitrogens with zero attached hydrogens (tertiary/aromatic N) is 2. The van der Waals surface area contributed by atoms with E-state index in [1.54, 1.807) is 30.0 Å². The Labute approximate surface area is 145 Å². The van der Waals surface area contributed by atoms with E-state index in [0.29, 0.717) is 28.1 Å². The summed E-state index contributed by atoms with van der Waals surface area (Å²) in [5.74, 6) is 1.21. The van der Waals surface area contributed by atoms with Gasteiger partial charge in [-0.15, -0.1) is 0 Å². The Morgan fingerprint density at radius 1 is 1.13 bits per heavy atom. The average molecular weight is 382 g/mol. The summed E-state index contributed by atoms with van der Waals surface area (Å²) >= 11 is 13.7. The average Bonchev–Trinajstić information content (AvgIpc) is 2.49. The van der Waals surface area contributed by atoms with Gasteiger partial charge < -0.3 is 5.32 Å². The van der Waals surface area contributed by atoms with Gasteiger partial charge in [-0.2, -0.15) is 24.9 Å². The van der Waals surface area contributed by atoms with Crippen molar-refractivity contribution in [3.63, 3.8) is 0 Å². The molecule has 0 unspecified atom stereocenters. The van der Waals surface area contributed by atoms with Crippen LogP contribution in [0.15, 0.2) is 30.5 Å². The van der Waals surface area contributed by atoms with Crippen LogP contribution in [0.5, 0.6) is 0 Å². The zero-order valence-corrected chi connectivity index (χ0v) is 14.0. The Balaban J connectivity index is 1.80. The standard InChI is InChI=1S/C14H12Cl2F3N3S/c15-10-2-1-3-11(16)9(10)8-23-7-6-21-13-20-5-4-12(22-13)14(17,18)19/h1-5H,6-8H2,(H,20,21,22). The number of hydrogen-bond donors (Lipinski definition) is 1. The molecule has 0 amide bonds. The molecule has 0 fully saturated rings. The van der Waals surface area contributed by atoms with Gasteiger partial charge in [-0.1, -0.05) is 29.3 Å². The third-order valence-electron chi connectivity index (χ3n) is 2.78. The number of benzene rings is 1. The third kappa shape index (κ3) is 5.44. The highest BCUT2D eigenvalue weighted by atomic mass is 35.5. The van der Waals surface area contributed by atoms with Crippen LogP contribution < -0.4 is 5.32 Å². The van der Waals surface area contributed by atoms with E-state index in [0.717, 1.165) is 17.8 Å². The fraction of sp³-hybridized carbons (Fsp3) is 0.286. The largest absolute Gasteiger partial charge is 0.433 e. The number of hydrogen-bond acceptors (Lipinski definition) is 4. The molecule has 0 saturated heterocycles. The van der Waals surface area contributed by atoms with Crippen LogP contribution >= 0.6 is 35.0 Å². The molecule has 23 heavy (non-hydrogen) atoms. The van der Waals surface area contributed by atoms with E-state index in [1.165, 1.54) is 0 Å². The lowest BCUT2D eigenvalue weighted by atomic mass is 10.2. The Kier molecular flexibility index (Phi) is 6.38. The normalized spacial score (nSPS) is 11.5. The minimum absolute atomic E-state index is 0.0452. The van der Waals surface area contributed by atoms with Crippen molar-refractivity contribution in [3.8, 4) is 0 Å². The van der Waals surface area contributed by atoms with Crippen LogP contribution in [-0.4, -0.2) is 22.3 Å². The van der Waals surface area contributed by atoms with Crippen LogP contribution in [0.2, 0.25) is 10.0 Å². The van der Waals surface area contributed by atoms with Gasteiger partial charge in [0.15, 0.2) is 0 Å². The minimum Gasteiger partial charge on any atom is -0.353 e. The smallest absolute Gasteiger partial charge is 0.353 e. The lowest BCUT2D eigenvalue weighted by molar-refractivity contribution is -0.141. The molecule has 2 rings (SSSR count). The summed E-state index contributed by atoms with van der Waals surface area (Å²) in [4.78, 5) is 7.19. The molecule has 124 valence electrons. The molecule has 0 aliphatic heterocycles. The molecular weight excluding hydrogens is 370 g/mol. The number of aromatic nitrogens is 2. The molecule has 0 radical (unpaired) electrons. The Hall–Kier alpha value is -1.18. The number of alkyl halides is 3. The second-order valence-electron chi connectivity index (χ2n) is 4.44. The molecule has 3 nitrogen and oxygen atoms in total. The van der Waals surface area contributed by atoms with E-state index in [4.69, 9.17) is 23.2 Å². The van der Waals surface area contributed by atoms with Gasteiger partial charge in [0.2, 0.25) is 5.95 Å². The van der Waals surface area contributed by atoms with Crippen molar-refractivity contribution in [1.29, 1.82) is 0 Å². The van der Waals surface area contributed by atoms with Gasteiger partial charge in [-0.05, 0) is 23.8 Å². The summed E-state index contributed by atoms with van der Waals surface area (Å²) in [6.45, 7) is 0.425. The number of rotatable bonds is 6. The molecule has 9 heteroatoms. The molecule has 0 bridgehead atoms. The highest BCUT2D eigenvalue weighted by Gasteiger charge is 2.32. The van der Waals surface area contributed by atoms with Crippen LogP contribution in [0.4, 0.5) is 19.1 Å². The Morgan fingerprint density at radius 2 is 1.83 bits per heavy atom. The lowest BCUT2D eigenvalue weighted by Crippen LogP contribution is -2.13. The summed E-state index contributed by atoms with van der Waals surface area (Å²) < 4.78 is 37.6. The van der Waals surface area contributed by atoms with Crippen LogP contribution in [0.25, 0.3) is 0 Å². The third-order valence-corrected chi connectivity index (χ3v) is 4.48. The molecule has 0 spiro atoms. The van der Waals surface area contributed by atoms with E-state index in [2.05, 4.69) is 15.3 Å². The fourth-order valence-corrected chi connectivity index (χ4v) is 3.28. The van der Waals surface area contributed by atoms with Crippen molar-refractivity contribution in [2.24, 2.45) is 0 Å². The van der Waals surface area contributed by atoms with Gasteiger partial charge in [0.1, 0.15) is 5.69 Å². The molecule has 1 aromatic heterocycles. The molecule has 0 atom stereocenters. The van der Waals surface area contributed by atoms with E-state index < -0.39 is 11.9 Å². The summed E-state index contributed by atoms with van der Waals surface area (Å²) in [6.07, 6.45) is -3.40. The topological polar surface area (TPSA) is 37.8 Å². The first-order chi connectivity index (χ1) is 10.9. The molecule has 0 aliphatic carbocycles. The number of anilines is 1. The highest BCUT2D eigenvalue weighted by molar-refractivity contribution is 7.98. The van der Waals surface area contributed by atoms with Crippen LogP contribution in [-0.2, 0) is 11.9 Å². The first kappa shape index (κ1) is 18.2. The van der Waals surface area contributed by atoms with Crippen molar-refractivity contribution in [2.75, 3.05) is 17.6 Å². The molecule has 1 N–H and O–H groups in total. The van der Waals surface area contributed by atoms with Crippen molar-refractivity contribution in [2.45, 2.75) is 11.9 Å². The van der Waals surface area contributed by atoms with Gasteiger partial charge >= 0.3 is 6.18 Å². The predicted molar refractivity (Wildman–Crippen MR) is 88.1 cm³/mol. The van der Waals surface area contributed by atoms with E-state index >= 15 is 0 Å². The van der Waals surface area contributed by atoms with Gasteiger partial charge in [-0.25, -0.2) is 9.97 Å².